The van der Waals surface area contributed by atoms with E-state index in [1.54, 1.807) is 29.2 Å². The average molecular weight is 388 g/mol. The van der Waals surface area contributed by atoms with E-state index in [-0.39, 0.29) is 18.4 Å². The van der Waals surface area contributed by atoms with E-state index in [2.05, 4.69) is 5.32 Å². The summed E-state index contributed by atoms with van der Waals surface area (Å²) in [6, 6.07) is 23.9. The molecule has 29 heavy (non-hydrogen) atoms. The van der Waals surface area contributed by atoms with Gasteiger partial charge in [0.1, 0.15) is 5.75 Å². The molecule has 0 aromatic heterocycles. The molecular weight excluding hydrogens is 364 g/mol. The van der Waals surface area contributed by atoms with Gasteiger partial charge in [-0.1, -0.05) is 35.9 Å². The molecule has 3 aromatic carbocycles. The van der Waals surface area contributed by atoms with Crippen LogP contribution in [0.3, 0.4) is 0 Å². The Balaban J connectivity index is 1.58. The van der Waals surface area contributed by atoms with Crippen LogP contribution >= 0.6 is 0 Å². The summed E-state index contributed by atoms with van der Waals surface area (Å²) in [5.74, 6) is 0.302. The van der Waals surface area contributed by atoms with Crippen molar-refractivity contribution in [1.29, 1.82) is 0 Å². The maximum Gasteiger partial charge on any atom is 0.262 e. The molecule has 0 fully saturated rings. The summed E-state index contributed by atoms with van der Waals surface area (Å²) in [7, 11) is 0. The number of anilines is 2. The number of aryl methyl sites for hydroxylation is 1. The Morgan fingerprint density at radius 1 is 0.897 bits per heavy atom. The van der Waals surface area contributed by atoms with Crippen LogP contribution in [0.1, 0.15) is 22.8 Å². The summed E-state index contributed by atoms with van der Waals surface area (Å²) < 4.78 is 5.48. The largest absolute Gasteiger partial charge is 0.484 e. The zero-order valence-electron chi connectivity index (χ0n) is 16.6. The zero-order valence-corrected chi connectivity index (χ0v) is 16.6. The second-order valence-electron chi connectivity index (χ2n) is 6.61. The lowest BCUT2D eigenvalue weighted by atomic mass is 10.1. The van der Waals surface area contributed by atoms with E-state index in [0.29, 0.717) is 23.5 Å². The van der Waals surface area contributed by atoms with E-state index in [1.807, 2.05) is 68.4 Å². The van der Waals surface area contributed by atoms with Crippen molar-refractivity contribution >= 4 is 23.2 Å². The highest BCUT2D eigenvalue weighted by Gasteiger charge is 2.16. The van der Waals surface area contributed by atoms with Crippen LogP contribution in [-0.2, 0) is 4.79 Å². The molecule has 5 nitrogen and oxygen atoms in total. The number of hydrogen-bond acceptors (Lipinski definition) is 3. The molecule has 3 aromatic rings. The van der Waals surface area contributed by atoms with Gasteiger partial charge in [-0.15, -0.1) is 0 Å². The Labute approximate surface area is 170 Å². The number of ether oxygens (including phenoxy) is 1. The maximum atomic E-state index is 12.8. The molecule has 0 unspecified atom stereocenters. The standard InChI is InChI=1S/C24H24N2O3/c1-3-26(21-7-5-4-6-8-21)24(28)19-11-13-20(14-12-19)25-23(27)17-29-22-15-9-18(2)10-16-22/h4-16H,3,17H2,1-2H3,(H,25,27). The van der Waals surface area contributed by atoms with E-state index in [9.17, 15) is 9.59 Å². The topological polar surface area (TPSA) is 58.6 Å². The third kappa shape index (κ3) is 5.45. The maximum absolute atomic E-state index is 12.8. The van der Waals surface area contributed by atoms with E-state index in [1.165, 1.54) is 0 Å². The van der Waals surface area contributed by atoms with Gasteiger partial charge in [0.2, 0.25) is 0 Å². The highest BCUT2D eigenvalue weighted by molar-refractivity contribution is 6.06. The smallest absolute Gasteiger partial charge is 0.262 e. The summed E-state index contributed by atoms with van der Waals surface area (Å²) in [4.78, 5) is 26.6. The Kier molecular flexibility index (Phi) is 6.63. The number of carbonyl (C=O) groups excluding carboxylic acids is 2. The minimum atomic E-state index is -0.260. The van der Waals surface area contributed by atoms with Gasteiger partial charge in [0.15, 0.2) is 6.61 Å². The van der Waals surface area contributed by atoms with E-state index in [4.69, 9.17) is 4.74 Å². The van der Waals surface area contributed by atoms with Crippen molar-refractivity contribution in [2.24, 2.45) is 0 Å². The first-order chi connectivity index (χ1) is 14.1. The number of para-hydroxylation sites is 1. The van der Waals surface area contributed by atoms with Gasteiger partial charge in [-0.2, -0.15) is 0 Å². The second-order valence-corrected chi connectivity index (χ2v) is 6.61. The van der Waals surface area contributed by atoms with Crippen molar-refractivity contribution in [2.75, 3.05) is 23.4 Å². The van der Waals surface area contributed by atoms with Gasteiger partial charge in [-0.3, -0.25) is 9.59 Å². The Morgan fingerprint density at radius 3 is 2.17 bits per heavy atom. The molecule has 0 saturated carbocycles. The molecule has 2 amide bonds. The molecule has 0 spiro atoms. The van der Waals surface area contributed by atoms with Crippen LogP contribution in [0.5, 0.6) is 5.75 Å². The second kappa shape index (κ2) is 9.55. The Bertz CT molecular complexity index is 952. The third-order valence-electron chi connectivity index (χ3n) is 4.44. The third-order valence-corrected chi connectivity index (χ3v) is 4.44. The van der Waals surface area contributed by atoms with Crippen LogP contribution in [0, 0.1) is 6.92 Å². The van der Waals surface area contributed by atoms with E-state index >= 15 is 0 Å². The quantitative estimate of drug-likeness (QED) is 0.639. The molecule has 0 aliphatic carbocycles. The molecule has 148 valence electrons. The lowest BCUT2D eigenvalue weighted by Crippen LogP contribution is -2.30. The molecule has 0 heterocycles. The molecular formula is C24H24N2O3. The van der Waals surface area contributed by atoms with Gasteiger partial charge in [0.25, 0.3) is 11.8 Å². The number of rotatable bonds is 7. The minimum Gasteiger partial charge on any atom is -0.484 e. The monoisotopic (exact) mass is 388 g/mol. The lowest BCUT2D eigenvalue weighted by Gasteiger charge is -2.21. The highest BCUT2D eigenvalue weighted by Crippen LogP contribution is 2.18. The van der Waals surface area contributed by atoms with Crippen LogP contribution in [-0.4, -0.2) is 25.0 Å². The van der Waals surface area contributed by atoms with Gasteiger partial charge in [0, 0.05) is 23.5 Å². The molecule has 1 N–H and O–H groups in total. The fourth-order valence-corrected chi connectivity index (χ4v) is 2.88. The minimum absolute atomic E-state index is 0.0820. The lowest BCUT2D eigenvalue weighted by molar-refractivity contribution is -0.118. The van der Waals surface area contributed by atoms with Gasteiger partial charge in [-0.25, -0.2) is 0 Å². The number of carbonyl (C=O) groups is 2. The van der Waals surface area contributed by atoms with Gasteiger partial charge in [0.05, 0.1) is 0 Å². The SMILES string of the molecule is CCN(C(=O)c1ccc(NC(=O)COc2ccc(C)cc2)cc1)c1ccccc1. The molecule has 0 aliphatic heterocycles. The van der Waals surface area contributed by atoms with Crippen molar-refractivity contribution in [3.63, 3.8) is 0 Å². The summed E-state index contributed by atoms with van der Waals surface area (Å²) in [6.07, 6.45) is 0. The van der Waals surface area contributed by atoms with E-state index < -0.39 is 0 Å². The molecule has 0 atom stereocenters. The van der Waals surface area contributed by atoms with Crippen molar-refractivity contribution in [1.82, 2.24) is 0 Å². The predicted octanol–water partition coefficient (Wildman–Crippen LogP) is 4.68. The predicted molar refractivity (Wildman–Crippen MR) is 116 cm³/mol. The van der Waals surface area contributed by atoms with Crippen LogP contribution in [0.25, 0.3) is 0 Å². The average Bonchev–Trinajstić information content (AvgIpc) is 2.75. The summed E-state index contributed by atoms with van der Waals surface area (Å²) in [5, 5.41) is 2.78. The van der Waals surface area contributed by atoms with Crippen LogP contribution in [0.15, 0.2) is 78.9 Å². The number of nitrogens with one attached hydrogen (secondary N) is 1. The normalized spacial score (nSPS) is 10.3. The Hall–Kier alpha value is -3.60. The first-order valence-electron chi connectivity index (χ1n) is 9.53. The van der Waals surface area contributed by atoms with Crippen molar-refractivity contribution in [3.05, 3.63) is 90.0 Å². The number of nitrogens with zero attached hydrogens (tertiary/aromatic N) is 1. The Morgan fingerprint density at radius 2 is 1.55 bits per heavy atom. The fourth-order valence-electron chi connectivity index (χ4n) is 2.88. The zero-order chi connectivity index (χ0) is 20.6. The summed E-state index contributed by atoms with van der Waals surface area (Å²) >= 11 is 0. The number of benzene rings is 3. The van der Waals surface area contributed by atoms with Crippen molar-refractivity contribution in [2.45, 2.75) is 13.8 Å². The highest BCUT2D eigenvalue weighted by atomic mass is 16.5. The molecule has 0 aliphatic rings. The van der Waals surface area contributed by atoms with Crippen molar-refractivity contribution < 1.29 is 14.3 Å². The van der Waals surface area contributed by atoms with Gasteiger partial charge in [-0.05, 0) is 62.4 Å². The van der Waals surface area contributed by atoms with Crippen molar-refractivity contribution in [3.8, 4) is 5.75 Å². The molecule has 0 radical (unpaired) electrons. The number of hydrogen-bond donors (Lipinski definition) is 1. The number of amides is 2. The van der Waals surface area contributed by atoms with Gasteiger partial charge < -0.3 is 15.0 Å². The molecule has 0 bridgehead atoms. The fraction of sp³-hybridized carbons (Fsp3) is 0.167. The van der Waals surface area contributed by atoms with Crippen LogP contribution in [0.2, 0.25) is 0 Å². The summed E-state index contributed by atoms with van der Waals surface area (Å²) in [5.41, 5.74) is 3.15. The first kappa shape index (κ1) is 20.1. The summed E-state index contributed by atoms with van der Waals surface area (Å²) in [6.45, 7) is 4.41. The molecule has 3 rings (SSSR count). The van der Waals surface area contributed by atoms with E-state index in [0.717, 1.165) is 11.3 Å². The molecule has 0 saturated heterocycles. The molecule has 5 heteroatoms. The van der Waals surface area contributed by atoms with Crippen LogP contribution in [0.4, 0.5) is 11.4 Å². The first-order valence-corrected chi connectivity index (χ1v) is 9.53. The van der Waals surface area contributed by atoms with Crippen LogP contribution < -0.4 is 15.0 Å². The van der Waals surface area contributed by atoms with Gasteiger partial charge >= 0.3 is 0 Å².